The number of phenols is 1. The quantitative estimate of drug-likeness (QED) is 0.788. The van der Waals surface area contributed by atoms with Crippen LogP contribution in [0.1, 0.15) is 36.2 Å². The minimum atomic E-state index is -1.08. The summed E-state index contributed by atoms with van der Waals surface area (Å²) in [6, 6.07) is 2.93. The van der Waals surface area contributed by atoms with Gasteiger partial charge in [-0.1, -0.05) is 0 Å². The average Bonchev–Trinajstić information content (AvgIpc) is 2.48. The smallest absolute Gasteiger partial charge is 0.343 e. The van der Waals surface area contributed by atoms with Gasteiger partial charge in [-0.15, -0.1) is 0 Å². The van der Waals surface area contributed by atoms with E-state index in [-0.39, 0.29) is 17.7 Å². The Labute approximate surface area is 138 Å². The number of carbonyl (C=O) groups excluding carboxylic acids is 2. The van der Waals surface area contributed by atoms with E-state index in [2.05, 4.69) is 0 Å². The van der Waals surface area contributed by atoms with Crippen LogP contribution in [-0.4, -0.2) is 47.1 Å². The maximum absolute atomic E-state index is 12.4. The van der Waals surface area contributed by atoms with E-state index in [1.54, 1.807) is 13.0 Å². The number of aliphatic hydroxyl groups excluding tert-OH is 1. The zero-order valence-electron chi connectivity index (χ0n) is 13.5. The Morgan fingerprint density at radius 1 is 1.42 bits per heavy atom. The molecule has 0 aromatic heterocycles. The molecule has 0 fully saturated rings. The van der Waals surface area contributed by atoms with E-state index in [0.717, 1.165) is 0 Å². The molecule has 1 heterocycles. The summed E-state index contributed by atoms with van der Waals surface area (Å²) in [7, 11) is 1.45. The van der Waals surface area contributed by atoms with Crippen molar-refractivity contribution in [1.29, 1.82) is 0 Å². The fourth-order valence-electron chi connectivity index (χ4n) is 3.27. The molecule has 3 rings (SSSR count). The third kappa shape index (κ3) is 2.50. The molecule has 0 unspecified atom stereocenters. The number of hydrogen-bond donors (Lipinski definition) is 2. The number of esters is 2. The van der Waals surface area contributed by atoms with Crippen molar-refractivity contribution in [1.82, 2.24) is 0 Å². The van der Waals surface area contributed by atoms with Gasteiger partial charge in [-0.05, 0) is 19.1 Å². The van der Waals surface area contributed by atoms with Crippen LogP contribution in [0.5, 0.6) is 11.5 Å². The molecule has 1 aliphatic carbocycles. The fourth-order valence-corrected chi connectivity index (χ4v) is 3.27. The lowest BCUT2D eigenvalue weighted by Gasteiger charge is -2.43. The predicted octanol–water partition coefficient (Wildman–Crippen LogP) is 1.41. The van der Waals surface area contributed by atoms with E-state index in [4.69, 9.17) is 14.2 Å². The molecule has 2 aliphatic rings. The van der Waals surface area contributed by atoms with Crippen LogP contribution < -0.4 is 4.74 Å². The number of carbonyl (C=O) groups is 2. The summed E-state index contributed by atoms with van der Waals surface area (Å²) in [6.45, 7) is 2.93. The van der Waals surface area contributed by atoms with E-state index >= 15 is 0 Å². The molecular weight excluding hydrogens is 316 g/mol. The van der Waals surface area contributed by atoms with Gasteiger partial charge in [-0.3, -0.25) is 4.79 Å². The number of aromatic hydroxyl groups is 1. The van der Waals surface area contributed by atoms with Gasteiger partial charge in [0.2, 0.25) is 0 Å². The molecule has 7 nitrogen and oxygen atoms in total. The Hall–Kier alpha value is -2.54. The number of ether oxygens (including phenoxy) is 3. The average molecular weight is 334 g/mol. The van der Waals surface area contributed by atoms with E-state index in [9.17, 15) is 19.8 Å². The van der Waals surface area contributed by atoms with Crippen LogP contribution in [0.25, 0.3) is 5.57 Å². The molecule has 0 amide bonds. The molecule has 3 atom stereocenters. The number of aliphatic hydroxyl groups is 1. The zero-order valence-corrected chi connectivity index (χ0v) is 13.5. The van der Waals surface area contributed by atoms with Crippen LogP contribution in [0, 0.1) is 0 Å². The van der Waals surface area contributed by atoms with E-state index < -0.39 is 29.7 Å². The van der Waals surface area contributed by atoms with Gasteiger partial charge in [0, 0.05) is 30.5 Å². The van der Waals surface area contributed by atoms with Gasteiger partial charge in [-0.25, -0.2) is 4.79 Å². The lowest BCUT2D eigenvalue weighted by molar-refractivity contribution is -0.154. The standard InChI is InChI=1S/C17H18O7/c1-8(18)23-14-7-17(2)11(6-12(14)19)10-4-9(22-3)5-13(20)15(10)16(21)24-17/h4-6,12,14,19-20H,7H2,1-3H3/t12-,14-,17-/m1/s1. The summed E-state index contributed by atoms with van der Waals surface area (Å²) in [5.74, 6) is -1.08. The number of hydrogen-bond acceptors (Lipinski definition) is 7. The SMILES string of the molecule is COc1cc(O)c2c(c1)C1=C[C@@H](O)[C@H](OC(C)=O)C[C@@]1(C)OC2=O. The molecule has 2 N–H and O–H groups in total. The molecule has 7 heteroatoms. The van der Waals surface area contributed by atoms with Crippen LogP contribution >= 0.6 is 0 Å². The van der Waals surface area contributed by atoms with E-state index in [1.165, 1.54) is 26.2 Å². The molecule has 0 saturated carbocycles. The third-order valence-electron chi connectivity index (χ3n) is 4.34. The molecule has 128 valence electrons. The monoisotopic (exact) mass is 334 g/mol. The maximum Gasteiger partial charge on any atom is 0.343 e. The molecule has 1 aromatic rings. The number of phenolic OH excluding ortho intramolecular Hbond substituents is 1. The number of fused-ring (bicyclic) bond motifs is 3. The minimum Gasteiger partial charge on any atom is -0.507 e. The Morgan fingerprint density at radius 3 is 2.75 bits per heavy atom. The van der Waals surface area contributed by atoms with Gasteiger partial charge >= 0.3 is 11.9 Å². The zero-order chi connectivity index (χ0) is 17.6. The van der Waals surface area contributed by atoms with E-state index in [1.807, 2.05) is 0 Å². The van der Waals surface area contributed by atoms with E-state index in [0.29, 0.717) is 16.9 Å². The molecular formula is C17H18O7. The van der Waals surface area contributed by atoms with Crippen molar-refractivity contribution in [2.75, 3.05) is 7.11 Å². The van der Waals surface area contributed by atoms with Crippen LogP contribution in [0.4, 0.5) is 0 Å². The normalized spacial score (nSPS) is 28.2. The van der Waals surface area contributed by atoms with Crippen LogP contribution in [0.15, 0.2) is 18.2 Å². The minimum absolute atomic E-state index is 0.0256. The third-order valence-corrected chi connectivity index (χ3v) is 4.34. The largest absolute Gasteiger partial charge is 0.507 e. The van der Waals surface area contributed by atoms with Crippen molar-refractivity contribution in [3.63, 3.8) is 0 Å². The Bertz CT molecular complexity index is 752. The molecule has 24 heavy (non-hydrogen) atoms. The summed E-state index contributed by atoms with van der Waals surface area (Å²) in [4.78, 5) is 23.6. The number of benzene rings is 1. The van der Waals surface area contributed by atoms with Crippen LogP contribution in [0.2, 0.25) is 0 Å². The van der Waals surface area contributed by atoms with Gasteiger partial charge in [-0.2, -0.15) is 0 Å². The van der Waals surface area contributed by atoms with Gasteiger partial charge in [0.1, 0.15) is 34.9 Å². The van der Waals surface area contributed by atoms with Gasteiger partial charge in [0.25, 0.3) is 0 Å². The van der Waals surface area contributed by atoms with Crippen molar-refractivity contribution in [3.05, 3.63) is 29.3 Å². The summed E-state index contributed by atoms with van der Waals surface area (Å²) >= 11 is 0. The van der Waals surface area contributed by atoms with Crippen LogP contribution in [-0.2, 0) is 14.3 Å². The van der Waals surface area contributed by atoms with Crippen molar-refractivity contribution in [3.8, 4) is 11.5 Å². The fraction of sp³-hybridized carbons (Fsp3) is 0.412. The number of rotatable bonds is 2. The van der Waals surface area contributed by atoms with Crippen LogP contribution in [0.3, 0.4) is 0 Å². The Balaban J connectivity index is 2.15. The maximum atomic E-state index is 12.4. The number of methoxy groups -OCH3 is 1. The second-order valence-corrected chi connectivity index (χ2v) is 6.11. The Morgan fingerprint density at radius 2 is 2.12 bits per heavy atom. The highest BCUT2D eigenvalue weighted by atomic mass is 16.6. The molecule has 0 saturated heterocycles. The first-order valence-electron chi connectivity index (χ1n) is 7.47. The van der Waals surface area contributed by atoms with Crippen molar-refractivity contribution in [2.24, 2.45) is 0 Å². The highest BCUT2D eigenvalue weighted by Crippen LogP contribution is 2.47. The molecule has 0 spiro atoms. The van der Waals surface area contributed by atoms with Gasteiger partial charge < -0.3 is 24.4 Å². The van der Waals surface area contributed by atoms with Crippen molar-refractivity contribution < 1.29 is 34.0 Å². The van der Waals surface area contributed by atoms with Gasteiger partial charge in [0.15, 0.2) is 0 Å². The Kier molecular flexibility index (Phi) is 3.76. The molecule has 0 radical (unpaired) electrons. The summed E-state index contributed by atoms with van der Waals surface area (Å²) < 4.78 is 15.8. The molecule has 1 aliphatic heterocycles. The predicted molar refractivity (Wildman–Crippen MR) is 82.6 cm³/mol. The first kappa shape index (κ1) is 16.3. The summed E-state index contributed by atoms with van der Waals surface area (Å²) in [6.07, 6.45) is -0.260. The molecule has 1 aromatic carbocycles. The lowest BCUT2D eigenvalue weighted by atomic mass is 9.75. The van der Waals surface area contributed by atoms with Crippen molar-refractivity contribution >= 4 is 17.5 Å². The summed E-state index contributed by atoms with van der Waals surface area (Å²) in [5, 5.41) is 20.4. The lowest BCUT2D eigenvalue weighted by Crippen LogP contribution is -2.48. The first-order valence-corrected chi connectivity index (χ1v) is 7.47. The first-order chi connectivity index (χ1) is 11.2. The summed E-state index contributed by atoms with van der Waals surface area (Å²) in [5.41, 5.74) is -0.0758. The van der Waals surface area contributed by atoms with Gasteiger partial charge in [0.05, 0.1) is 7.11 Å². The highest BCUT2D eigenvalue weighted by molar-refractivity contribution is 6.03. The second kappa shape index (κ2) is 5.52. The van der Waals surface area contributed by atoms with Crippen molar-refractivity contribution in [2.45, 2.75) is 38.1 Å². The highest BCUT2D eigenvalue weighted by Gasteiger charge is 2.48. The topological polar surface area (TPSA) is 102 Å². The molecule has 0 bridgehead atoms. The second-order valence-electron chi connectivity index (χ2n) is 6.11.